The van der Waals surface area contributed by atoms with Crippen LogP contribution in [0.15, 0.2) is 18.2 Å². The first-order chi connectivity index (χ1) is 9.81. The molecule has 0 aliphatic carbocycles. The number of hydrogen-bond donors (Lipinski definition) is 0. The summed E-state index contributed by atoms with van der Waals surface area (Å²) in [6, 6.07) is 4.06. The lowest BCUT2D eigenvalue weighted by Gasteiger charge is -2.06. The fourth-order valence-electron chi connectivity index (χ4n) is 2.06. The van der Waals surface area contributed by atoms with Gasteiger partial charge in [0.15, 0.2) is 0 Å². The summed E-state index contributed by atoms with van der Waals surface area (Å²) in [6.07, 6.45) is 0. The Hall–Kier alpha value is -2.48. The Kier molecular flexibility index (Phi) is 3.90. The monoisotopic (exact) mass is 310 g/mol. The molecule has 0 fully saturated rings. The Balaban J connectivity index is 2.43. The van der Waals surface area contributed by atoms with Crippen LogP contribution in [0.3, 0.4) is 0 Å². The number of halogens is 1. The quantitative estimate of drug-likeness (QED) is 0.637. The van der Waals surface area contributed by atoms with Crippen LogP contribution in [0.2, 0.25) is 5.02 Å². The molecule has 110 valence electrons. The van der Waals surface area contributed by atoms with Gasteiger partial charge in [0.25, 0.3) is 5.69 Å². The van der Waals surface area contributed by atoms with Crippen LogP contribution in [0.5, 0.6) is 0 Å². The van der Waals surface area contributed by atoms with Crippen molar-refractivity contribution in [3.63, 3.8) is 0 Å². The van der Waals surface area contributed by atoms with Crippen molar-refractivity contribution >= 4 is 23.0 Å². The summed E-state index contributed by atoms with van der Waals surface area (Å²) in [5.41, 5.74) is 0.993. The smallest absolute Gasteiger partial charge is 0.258 e. The molecule has 1 aromatic carbocycles. The minimum absolute atomic E-state index is 0.0587. The van der Waals surface area contributed by atoms with Crippen LogP contribution < -0.4 is 0 Å². The molecule has 0 atom stereocenters. The van der Waals surface area contributed by atoms with E-state index in [2.05, 4.69) is 5.10 Å². The molecule has 21 heavy (non-hydrogen) atoms. The average molecular weight is 311 g/mol. The summed E-state index contributed by atoms with van der Waals surface area (Å²) in [6.45, 7) is 3.24. The molecule has 9 heteroatoms. The van der Waals surface area contributed by atoms with Crippen LogP contribution in [-0.4, -0.2) is 19.6 Å². The van der Waals surface area contributed by atoms with Gasteiger partial charge in [-0.15, -0.1) is 0 Å². The third-order valence-electron chi connectivity index (χ3n) is 3.09. The first-order valence-corrected chi connectivity index (χ1v) is 6.30. The van der Waals surface area contributed by atoms with Crippen LogP contribution in [-0.2, 0) is 6.54 Å². The molecule has 2 rings (SSSR count). The maximum absolute atomic E-state index is 11.0. The number of benzene rings is 1. The van der Waals surface area contributed by atoms with Gasteiger partial charge in [-0.1, -0.05) is 11.6 Å². The minimum Gasteiger partial charge on any atom is -0.258 e. The highest BCUT2D eigenvalue weighted by molar-refractivity contribution is 6.31. The van der Waals surface area contributed by atoms with Crippen LogP contribution >= 0.6 is 11.6 Å². The van der Waals surface area contributed by atoms with Crippen molar-refractivity contribution in [1.82, 2.24) is 9.78 Å². The summed E-state index contributed by atoms with van der Waals surface area (Å²) in [5, 5.41) is 26.2. The van der Waals surface area contributed by atoms with E-state index in [0.717, 1.165) is 0 Å². The largest absolute Gasteiger partial charge is 0.312 e. The molecule has 0 aliphatic rings. The normalized spacial score (nSPS) is 10.6. The third kappa shape index (κ3) is 2.84. The number of hydrogen-bond acceptors (Lipinski definition) is 5. The van der Waals surface area contributed by atoms with Crippen molar-refractivity contribution in [1.29, 1.82) is 0 Å². The van der Waals surface area contributed by atoms with Crippen molar-refractivity contribution in [2.75, 3.05) is 0 Å². The molecule has 0 unspecified atom stereocenters. The Labute approximate surface area is 124 Å². The number of aromatic nitrogens is 2. The number of non-ortho nitro benzene ring substituents is 1. The van der Waals surface area contributed by atoms with Gasteiger partial charge in [-0.25, -0.2) is 0 Å². The molecule has 1 heterocycles. The van der Waals surface area contributed by atoms with Gasteiger partial charge >= 0.3 is 5.69 Å². The second-order valence-electron chi connectivity index (χ2n) is 4.47. The van der Waals surface area contributed by atoms with Crippen molar-refractivity contribution in [2.24, 2.45) is 0 Å². The third-order valence-corrected chi connectivity index (χ3v) is 3.45. The number of nitro groups is 2. The van der Waals surface area contributed by atoms with Gasteiger partial charge < -0.3 is 0 Å². The predicted octanol–water partition coefficient (Wildman–Crippen LogP) is 3.02. The second kappa shape index (κ2) is 5.49. The summed E-state index contributed by atoms with van der Waals surface area (Å²) in [4.78, 5) is 20.7. The molecule has 8 nitrogen and oxygen atoms in total. The van der Waals surface area contributed by atoms with Gasteiger partial charge in [-0.2, -0.15) is 5.10 Å². The van der Waals surface area contributed by atoms with E-state index in [-0.39, 0.29) is 17.9 Å². The maximum Gasteiger partial charge on any atom is 0.312 e. The Bertz CT molecular complexity index is 741. The van der Waals surface area contributed by atoms with E-state index in [1.165, 1.54) is 29.8 Å². The van der Waals surface area contributed by atoms with Gasteiger partial charge in [0.05, 0.1) is 16.4 Å². The van der Waals surface area contributed by atoms with Gasteiger partial charge in [-0.05, 0) is 25.5 Å². The zero-order valence-corrected chi connectivity index (χ0v) is 12.0. The van der Waals surface area contributed by atoms with Crippen LogP contribution in [0.25, 0.3) is 0 Å². The number of aryl methyl sites for hydroxylation is 1. The molecule has 0 radical (unpaired) electrons. The van der Waals surface area contributed by atoms with E-state index < -0.39 is 9.85 Å². The molecular formula is C12H11ClN4O4. The van der Waals surface area contributed by atoms with Crippen LogP contribution in [0.4, 0.5) is 11.4 Å². The maximum atomic E-state index is 11.0. The van der Waals surface area contributed by atoms with Crippen LogP contribution in [0, 0.1) is 34.1 Å². The lowest BCUT2D eigenvalue weighted by molar-refractivity contribution is -0.386. The van der Waals surface area contributed by atoms with Gasteiger partial charge in [0.1, 0.15) is 11.4 Å². The van der Waals surface area contributed by atoms with Crippen molar-refractivity contribution < 1.29 is 9.85 Å². The lowest BCUT2D eigenvalue weighted by atomic mass is 10.2. The zero-order chi connectivity index (χ0) is 15.7. The highest BCUT2D eigenvalue weighted by Crippen LogP contribution is 2.26. The fraction of sp³-hybridized carbons (Fsp3) is 0.250. The highest BCUT2D eigenvalue weighted by Gasteiger charge is 2.22. The van der Waals surface area contributed by atoms with E-state index in [4.69, 9.17) is 11.6 Å². The SMILES string of the molecule is Cc1nn(Cc2cc([N+](=O)[O-])ccc2Cl)c(C)c1[N+](=O)[O-]. The molecule has 0 aliphatic heterocycles. The standard InChI is InChI=1S/C12H11ClN4O4/c1-7-12(17(20)21)8(2)15(14-7)6-9-5-10(16(18)19)3-4-11(9)13/h3-5H,6H2,1-2H3. The summed E-state index contributed by atoms with van der Waals surface area (Å²) in [7, 11) is 0. The molecule has 0 N–H and O–H groups in total. The first-order valence-electron chi connectivity index (χ1n) is 5.92. The number of nitrogens with zero attached hydrogens (tertiary/aromatic N) is 4. The topological polar surface area (TPSA) is 104 Å². The Morgan fingerprint density at radius 3 is 2.43 bits per heavy atom. The van der Waals surface area contributed by atoms with E-state index in [9.17, 15) is 20.2 Å². The van der Waals surface area contributed by atoms with Crippen LogP contribution in [0.1, 0.15) is 17.0 Å². The first kappa shape index (κ1) is 14.9. The highest BCUT2D eigenvalue weighted by atomic mass is 35.5. The van der Waals surface area contributed by atoms with E-state index in [1.54, 1.807) is 6.92 Å². The van der Waals surface area contributed by atoms with Gasteiger partial charge in [-0.3, -0.25) is 24.9 Å². The zero-order valence-electron chi connectivity index (χ0n) is 11.2. The Morgan fingerprint density at radius 1 is 1.24 bits per heavy atom. The molecule has 1 aromatic heterocycles. The molecule has 0 bridgehead atoms. The summed E-state index contributed by atoms with van der Waals surface area (Å²) < 4.78 is 1.42. The molecule has 0 saturated heterocycles. The van der Waals surface area contributed by atoms with Crippen molar-refractivity contribution in [2.45, 2.75) is 20.4 Å². The Morgan fingerprint density at radius 2 is 1.90 bits per heavy atom. The molecule has 0 saturated carbocycles. The minimum atomic E-state index is -0.524. The molecule has 0 spiro atoms. The number of rotatable bonds is 4. The van der Waals surface area contributed by atoms with E-state index >= 15 is 0 Å². The molecule has 0 amide bonds. The summed E-state index contributed by atoms with van der Waals surface area (Å²) in [5.74, 6) is 0. The van der Waals surface area contributed by atoms with E-state index in [1.807, 2.05) is 0 Å². The fourth-order valence-corrected chi connectivity index (χ4v) is 2.24. The molecular weight excluding hydrogens is 300 g/mol. The van der Waals surface area contributed by atoms with Gasteiger partial charge in [0, 0.05) is 17.2 Å². The average Bonchev–Trinajstić information content (AvgIpc) is 2.66. The predicted molar refractivity (Wildman–Crippen MR) is 75.6 cm³/mol. The number of nitro benzene ring substituents is 1. The van der Waals surface area contributed by atoms with Gasteiger partial charge in [0.2, 0.25) is 0 Å². The van der Waals surface area contributed by atoms with E-state index in [0.29, 0.717) is 22.0 Å². The van der Waals surface area contributed by atoms with Crippen molar-refractivity contribution in [3.05, 3.63) is 60.4 Å². The second-order valence-corrected chi connectivity index (χ2v) is 4.87. The summed E-state index contributed by atoms with van der Waals surface area (Å²) >= 11 is 6.01. The lowest BCUT2D eigenvalue weighted by Crippen LogP contribution is -2.05. The van der Waals surface area contributed by atoms with Crippen molar-refractivity contribution in [3.8, 4) is 0 Å². The molecule has 2 aromatic rings.